The van der Waals surface area contributed by atoms with Crippen LogP contribution in [0.25, 0.3) is 0 Å². The predicted octanol–water partition coefficient (Wildman–Crippen LogP) is 1.23. The van der Waals surface area contributed by atoms with Crippen LogP contribution in [0.15, 0.2) is 30.0 Å². The summed E-state index contributed by atoms with van der Waals surface area (Å²) in [6, 6.07) is 8.05. The number of aryl methyl sites for hydroxylation is 2. The van der Waals surface area contributed by atoms with Crippen molar-refractivity contribution in [2.75, 3.05) is 44.6 Å². The van der Waals surface area contributed by atoms with E-state index in [1.807, 2.05) is 38.1 Å². The largest absolute Gasteiger partial charge is 0.360 e. The molecule has 1 aromatic rings. The minimum Gasteiger partial charge on any atom is -0.360 e. The van der Waals surface area contributed by atoms with Crippen LogP contribution in [-0.4, -0.2) is 55.0 Å². The van der Waals surface area contributed by atoms with E-state index in [9.17, 15) is 10.1 Å². The van der Waals surface area contributed by atoms with Crippen molar-refractivity contribution in [1.82, 2.24) is 9.80 Å². The summed E-state index contributed by atoms with van der Waals surface area (Å²) in [5.41, 5.74) is 8.78. The predicted molar refractivity (Wildman–Crippen MR) is 95.3 cm³/mol. The second kappa shape index (κ2) is 8.48. The van der Waals surface area contributed by atoms with E-state index in [2.05, 4.69) is 10.2 Å². The maximum atomic E-state index is 12.5. The van der Waals surface area contributed by atoms with E-state index in [0.29, 0.717) is 19.6 Å². The van der Waals surface area contributed by atoms with Gasteiger partial charge < -0.3 is 16.0 Å². The molecular formula is C18H25N5O. The van der Waals surface area contributed by atoms with Crippen LogP contribution in [0.3, 0.4) is 0 Å². The van der Waals surface area contributed by atoms with Crippen LogP contribution in [0, 0.1) is 25.2 Å². The molecule has 1 aromatic carbocycles. The molecule has 0 aromatic heterocycles. The summed E-state index contributed by atoms with van der Waals surface area (Å²) >= 11 is 0. The van der Waals surface area contributed by atoms with Crippen molar-refractivity contribution in [2.24, 2.45) is 5.73 Å². The molecule has 0 unspecified atom stereocenters. The molecule has 1 fully saturated rings. The van der Waals surface area contributed by atoms with Crippen molar-refractivity contribution < 1.29 is 4.79 Å². The standard InChI is InChI=1S/C18H25N5O/c1-14-3-4-15(2)17(11-14)21-13-16(12-20)18(24)23-9-7-22(6-5-19)8-10-23/h3-4,11,13,21H,5-10,19H2,1-2H3/b16-13-. The monoisotopic (exact) mass is 327 g/mol. The third kappa shape index (κ3) is 4.57. The number of nitrogens with two attached hydrogens (primary N) is 1. The van der Waals surface area contributed by atoms with Crippen LogP contribution in [-0.2, 0) is 4.79 Å². The van der Waals surface area contributed by atoms with Crippen molar-refractivity contribution in [3.63, 3.8) is 0 Å². The van der Waals surface area contributed by atoms with E-state index in [1.165, 1.54) is 6.20 Å². The number of hydrogen-bond acceptors (Lipinski definition) is 5. The maximum Gasteiger partial charge on any atom is 0.266 e. The van der Waals surface area contributed by atoms with Crippen LogP contribution >= 0.6 is 0 Å². The molecular weight excluding hydrogens is 302 g/mol. The topological polar surface area (TPSA) is 85.4 Å². The van der Waals surface area contributed by atoms with Crippen LogP contribution in [0.1, 0.15) is 11.1 Å². The Labute approximate surface area is 143 Å². The number of carbonyl (C=O) groups excluding carboxylic acids is 1. The molecule has 2 rings (SSSR count). The Bertz CT molecular complexity index is 654. The Balaban J connectivity index is 2.01. The normalized spacial score (nSPS) is 15.9. The van der Waals surface area contributed by atoms with Gasteiger partial charge in [-0.15, -0.1) is 0 Å². The first-order valence-electron chi connectivity index (χ1n) is 8.21. The van der Waals surface area contributed by atoms with E-state index in [0.717, 1.165) is 36.4 Å². The summed E-state index contributed by atoms with van der Waals surface area (Å²) < 4.78 is 0. The molecule has 1 heterocycles. The van der Waals surface area contributed by atoms with Crippen LogP contribution in [0.4, 0.5) is 5.69 Å². The van der Waals surface area contributed by atoms with Gasteiger partial charge in [0, 0.05) is 51.2 Å². The first kappa shape index (κ1) is 18.0. The van der Waals surface area contributed by atoms with Gasteiger partial charge in [0.15, 0.2) is 0 Å². The molecule has 128 valence electrons. The molecule has 24 heavy (non-hydrogen) atoms. The Morgan fingerprint density at radius 2 is 2.04 bits per heavy atom. The highest BCUT2D eigenvalue weighted by molar-refractivity contribution is 5.97. The quantitative estimate of drug-likeness (QED) is 0.627. The zero-order chi connectivity index (χ0) is 17.5. The van der Waals surface area contributed by atoms with Crippen molar-refractivity contribution in [3.05, 3.63) is 41.1 Å². The second-order valence-electron chi connectivity index (χ2n) is 6.06. The van der Waals surface area contributed by atoms with E-state index in [-0.39, 0.29) is 11.5 Å². The van der Waals surface area contributed by atoms with Gasteiger partial charge in [-0.3, -0.25) is 9.69 Å². The van der Waals surface area contributed by atoms with E-state index in [4.69, 9.17) is 5.73 Å². The molecule has 0 spiro atoms. The van der Waals surface area contributed by atoms with Crippen LogP contribution < -0.4 is 11.1 Å². The van der Waals surface area contributed by atoms with Gasteiger partial charge in [-0.1, -0.05) is 12.1 Å². The highest BCUT2D eigenvalue weighted by atomic mass is 16.2. The number of amides is 1. The van der Waals surface area contributed by atoms with Crippen molar-refractivity contribution in [1.29, 1.82) is 5.26 Å². The highest BCUT2D eigenvalue weighted by Crippen LogP contribution is 2.17. The Morgan fingerprint density at radius 1 is 1.33 bits per heavy atom. The number of hydrogen-bond donors (Lipinski definition) is 2. The third-order valence-corrected chi connectivity index (χ3v) is 4.22. The number of rotatable bonds is 5. The molecule has 6 nitrogen and oxygen atoms in total. The highest BCUT2D eigenvalue weighted by Gasteiger charge is 2.23. The molecule has 0 radical (unpaired) electrons. The summed E-state index contributed by atoms with van der Waals surface area (Å²) in [6.45, 7) is 8.31. The summed E-state index contributed by atoms with van der Waals surface area (Å²) in [5, 5.41) is 12.4. The van der Waals surface area contributed by atoms with Crippen LogP contribution in [0.2, 0.25) is 0 Å². The fourth-order valence-corrected chi connectivity index (χ4v) is 2.71. The lowest BCUT2D eigenvalue weighted by atomic mass is 10.1. The summed E-state index contributed by atoms with van der Waals surface area (Å²) in [5.74, 6) is -0.220. The number of anilines is 1. The first-order valence-corrected chi connectivity index (χ1v) is 8.21. The average molecular weight is 327 g/mol. The summed E-state index contributed by atoms with van der Waals surface area (Å²) in [4.78, 5) is 16.5. The fraction of sp³-hybridized carbons (Fsp3) is 0.444. The lowest BCUT2D eigenvalue weighted by Gasteiger charge is -2.34. The number of nitrogens with one attached hydrogen (secondary N) is 1. The number of nitrogens with zero attached hydrogens (tertiary/aromatic N) is 3. The van der Waals surface area contributed by atoms with E-state index >= 15 is 0 Å². The number of nitriles is 1. The molecule has 1 aliphatic heterocycles. The zero-order valence-corrected chi connectivity index (χ0v) is 14.4. The molecule has 0 bridgehead atoms. The summed E-state index contributed by atoms with van der Waals surface area (Å²) in [6.07, 6.45) is 1.51. The van der Waals surface area contributed by atoms with Crippen molar-refractivity contribution in [2.45, 2.75) is 13.8 Å². The van der Waals surface area contributed by atoms with Gasteiger partial charge in [-0.2, -0.15) is 5.26 Å². The second-order valence-corrected chi connectivity index (χ2v) is 6.06. The average Bonchev–Trinajstić information content (AvgIpc) is 2.59. The van der Waals surface area contributed by atoms with E-state index < -0.39 is 0 Å². The number of benzene rings is 1. The van der Waals surface area contributed by atoms with Gasteiger partial charge in [0.25, 0.3) is 5.91 Å². The zero-order valence-electron chi connectivity index (χ0n) is 14.4. The molecule has 1 aliphatic rings. The van der Waals surface area contributed by atoms with Crippen molar-refractivity contribution in [3.8, 4) is 6.07 Å². The molecule has 1 saturated heterocycles. The minimum atomic E-state index is -0.220. The Morgan fingerprint density at radius 3 is 2.67 bits per heavy atom. The van der Waals surface area contributed by atoms with Gasteiger partial charge in [0.2, 0.25) is 0 Å². The maximum absolute atomic E-state index is 12.5. The van der Waals surface area contributed by atoms with Gasteiger partial charge >= 0.3 is 0 Å². The van der Waals surface area contributed by atoms with Gasteiger partial charge in [0.05, 0.1) is 0 Å². The molecule has 0 atom stereocenters. The van der Waals surface area contributed by atoms with Gasteiger partial charge in [0.1, 0.15) is 11.6 Å². The molecule has 0 aliphatic carbocycles. The molecule has 3 N–H and O–H groups in total. The fourth-order valence-electron chi connectivity index (χ4n) is 2.71. The van der Waals surface area contributed by atoms with Gasteiger partial charge in [-0.05, 0) is 31.0 Å². The Hall–Kier alpha value is -2.36. The van der Waals surface area contributed by atoms with E-state index in [1.54, 1.807) is 4.90 Å². The molecule has 0 saturated carbocycles. The third-order valence-electron chi connectivity index (χ3n) is 4.22. The first-order chi connectivity index (χ1) is 11.5. The Kier molecular flexibility index (Phi) is 6.36. The van der Waals surface area contributed by atoms with Crippen molar-refractivity contribution >= 4 is 11.6 Å². The smallest absolute Gasteiger partial charge is 0.266 e. The van der Waals surface area contributed by atoms with Gasteiger partial charge in [-0.25, -0.2) is 0 Å². The number of carbonyl (C=O) groups is 1. The lowest BCUT2D eigenvalue weighted by molar-refractivity contribution is -0.128. The van der Waals surface area contributed by atoms with Crippen LogP contribution in [0.5, 0.6) is 0 Å². The number of piperazine rings is 1. The minimum absolute atomic E-state index is 0.128. The SMILES string of the molecule is Cc1ccc(C)c(N/C=C(/C#N)C(=O)N2CCN(CCN)CC2)c1. The molecule has 6 heteroatoms. The molecule has 1 amide bonds. The lowest BCUT2D eigenvalue weighted by Crippen LogP contribution is -2.50. The summed E-state index contributed by atoms with van der Waals surface area (Å²) in [7, 11) is 0.